The van der Waals surface area contributed by atoms with Crippen molar-refractivity contribution < 1.29 is 27.8 Å². The number of benzene rings is 1. The summed E-state index contributed by atoms with van der Waals surface area (Å²) in [6.07, 6.45) is -3.35. The summed E-state index contributed by atoms with van der Waals surface area (Å²) in [5.74, 6) is -0.835. The van der Waals surface area contributed by atoms with Crippen molar-refractivity contribution in [3.8, 4) is 0 Å². The number of hydrogen-bond acceptors (Lipinski definition) is 3. The number of alkyl halides is 3. The van der Waals surface area contributed by atoms with Gasteiger partial charge in [0.25, 0.3) is 0 Å². The second-order valence-electron chi connectivity index (χ2n) is 3.45. The summed E-state index contributed by atoms with van der Waals surface area (Å²) in [6, 6.07) is 4.32. The Balaban J connectivity index is 2.75. The minimum atomic E-state index is -4.38. The van der Waals surface area contributed by atoms with Crippen LogP contribution in [-0.4, -0.2) is 24.3 Å². The molecular formula is C12H11F3O3. The van der Waals surface area contributed by atoms with Crippen LogP contribution in [0.25, 0.3) is 6.08 Å². The van der Waals surface area contributed by atoms with Gasteiger partial charge in [0.2, 0.25) is 0 Å². The number of aliphatic hydroxyl groups excluding tert-OH is 1. The Hall–Kier alpha value is -1.82. The molecule has 0 aromatic heterocycles. The molecule has 0 saturated heterocycles. The summed E-state index contributed by atoms with van der Waals surface area (Å²) < 4.78 is 41.1. The Kier molecular flexibility index (Phi) is 4.49. The SMILES string of the molecule is COC(=O)C(O)/C=C/c1ccc(C(F)(F)F)cc1. The maximum absolute atomic E-state index is 12.3. The Bertz CT molecular complexity index is 435. The topological polar surface area (TPSA) is 46.5 Å². The van der Waals surface area contributed by atoms with E-state index in [2.05, 4.69) is 4.74 Å². The molecule has 0 radical (unpaired) electrons. The van der Waals surface area contributed by atoms with Crippen molar-refractivity contribution in [1.29, 1.82) is 0 Å². The van der Waals surface area contributed by atoms with Gasteiger partial charge in [0.15, 0.2) is 6.10 Å². The summed E-state index contributed by atoms with van der Waals surface area (Å²) in [6.45, 7) is 0. The van der Waals surface area contributed by atoms with Crippen LogP contribution in [0.4, 0.5) is 13.2 Å². The maximum Gasteiger partial charge on any atom is 0.416 e. The first-order valence-corrected chi connectivity index (χ1v) is 4.96. The van der Waals surface area contributed by atoms with E-state index in [4.69, 9.17) is 0 Å². The Morgan fingerprint density at radius 3 is 2.33 bits per heavy atom. The van der Waals surface area contributed by atoms with Crippen molar-refractivity contribution in [2.24, 2.45) is 0 Å². The number of methoxy groups -OCH3 is 1. The molecule has 1 aromatic rings. The summed E-state index contributed by atoms with van der Waals surface area (Å²) in [5, 5.41) is 9.22. The fourth-order valence-electron chi connectivity index (χ4n) is 1.18. The van der Waals surface area contributed by atoms with E-state index in [-0.39, 0.29) is 0 Å². The molecule has 0 aliphatic heterocycles. The van der Waals surface area contributed by atoms with Crippen molar-refractivity contribution in [2.45, 2.75) is 12.3 Å². The lowest BCUT2D eigenvalue weighted by Crippen LogP contribution is -2.18. The number of hydrogen-bond donors (Lipinski definition) is 1. The van der Waals surface area contributed by atoms with Gasteiger partial charge in [-0.2, -0.15) is 13.2 Å². The lowest BCUT2D eigenvalue weighted by molar-refractivity contribution is -0.147. The van der Waals surface area contributed by atoms with E-state index in [1.54, 1.807) is 0 Å². The molecule has 1 aromatic carbocycles. The van der Waals surface area contributed by atoms with Crippen LogP contribution in [0.1, 0.15) is 11.1 Å². The molecule has 0 aliphatic carbocycles. The van der Waals surface area contributed by atoms with E-state index in [9.17, 15) is 23.1 Å². The fourth-order valence-corrected chi connectivity index (χ4v) is 1.18. The van der Waals surface area contributed by atoms with E-state index in [0.29, 0.717) is 5.56 Å². The third-order valence-electron chi connectivity index (χ3n) is 2.15. The summed E-state index contributed by atoms with van der Waals surface area (Å²) in [5.41, 5.74) is -0.320. The highest BCUT2D eigenvalue weighted by molar-refractivity contribution is 5.77. The predicted molar refractivity (Wildman–Crippen MR) is 58.5 cm³/mol. The highest BCUT2D eigenvalue weighted by Gasteiger charge is 2.29. The van der Waals surface area contributed by atoms with Gasteiger partial charge in [0.05, 0.1) is 12.7 Å². The molecule has 18 heavy (non-hydrogen) atoms. The highest BCUT2D eigenvalue weighted by atomic mass is 19.4. The Labute approximate surface area is 101 Å². The molecule has 1 rings (SSSR count). The maximum atomic E-state index is 12.3. The summed E-state index contributed by atoms with van der Waals surface area (Å²) in [7, 11) is 1.12. The van der Waals surface area contributed by atoms with Crippen LogP contribution < -0.4 is 0 Å². The van der Waals surface area contributed by atoms with Gasteiger partial charge < -0.3 is 9.84 Å². The first-order chi connectivity index (χ1) is 8.34. The molecule has 0 aliphatic rings. The first kappa shape index (κ1) is 14.2. The van der Waals surface area contributed by atoms with E-state index < -0.39 is 23.8 Å². The minimum Gasteiger partial charge on any atom is -0.467 e. The molecule has 0 spiro atoms. The van der Waals surface area contributed by atoms with Crippen molar-refractivity contribution >= 4 is 12.0 Å². The van der Waals surface area contributed by atoms with Crippen molar-refractivity contribution in [1.82, 2.24) is 0 Å². The Morgan fingerprint density at radius 1 is 1.33 bits per heavy atom. The van der Waals surface area contributed by atoms with Crippen LogP contribution in [0.5, 0.6) is 0 Å². The molecule has 1 unspecified atom stereocenters. The molecule has 6 heteroatoms. The van der Waals surface area contributed by atoms with Gasteiger partial charge in [0, 0.05) is 0 Å². The molecule has 1 N–H and O–H groups in total. The number of carbonyl (C=O) groups excluding carboxylic acids is 1. The minimum absolute atomic E-state index is 0.436. The second kappa shape index (κ2) is 5.68. The third-order valence-corrected chi connectivity index (χ3v) is 2.15. The normalized spacial score (nSPS) is 13.6. The largest absolute Gasteiger partial charge is 0.467 e. The first-order valence-electron chi connectivity index (χ1n) is 4.96. The summed E-state index contributed by atoms with van der Waals surface area (Å²) >= 11 is 0. The van der Waals surface area contributed by atoms with Gasteiger partial charge in [-0.1, -0.05) is 18.2 Å². The van der Waals surface area contributed by atoms with Gasteiger partial charge >= 0.3 is 12.1 Å². The van der Waals surface area contributed by atoms with Gasteiger partial charge in [-0.25, -0.2) is 4.79 Å². The lowest BCUT2D eigenvalue weighted by Gasteiger charge is -2.06. The predicted octanol–water partition coefficient (Wildman–Crippen LogP) is 2.25. The van der Waals surface area contributed by atoms with Crippen LogP contribution in [0.3, 0.4) is 0 Å². The van der Waals surface area contributed by atoms with E-state index in [1.165, 1.54) is 18.2 Å². The standard InChI is InChI=1S/C12H11F3O3/c1-18-11(17)10(16)7-4-8-2-5-9(6-3-8)12(13,14)15/h2-7,10,16H,1H3/b7-4+. The zero-order valence-electron chi connectivity index (χ0n) is 9.44. The van der Waals surface area contributed by atoms with Gasteiger partial charge in [-0.05, 0) is 23.8 Å². The third kappa shape index (κ3) is 3.89. The average Bonchev–Trinajstić information content (AvgIpc) is 2.34. The van der Waals surface area contributed by atoms with Crippen LogP contribution in [0.2, 0.25) is 0 Å². The molecule has 0 heterocycles. The zero-order valence-corrected chi connectivity index (χ0v) is 9.44. The molecule has 3 nitrogen and oxygen atoms in total. The zero-order chi connectivity index (χ0) is 13.8. The summed E-state index contributed by atoms with van der Waals surface area (Å²) in [4.78, 5) is 10.8. The molecule has 0 amide bonds. The van der Waals surface area contributed by atoms with Gasteiger partial charge in [-0.3, -0.25) is 0 Å². The molecule has 98 valence electrons. The second-order valence-corrected chi connectivity index (χ2v) is 3.45. The average molecular weight is 260 g/mol. The number of aliphatic hydroxyl groups is 1. The number of rotatable bonds is 3. The van der Waals surface area contributed by atoms with Crippen molar-refractivity contribution in [3.05, 3.63) is 41.5 Å². The van der Waals surface area contributed by atoms with Crippen LogP contribution in [0, 0.1) is 0 Å². The highest BCUT2D eigenvalue weighted by Crippen LogP contribution is 2.29. The van der Waals surface area contributed by atoms with Crippen molar-refractivity contribution in [3.63, 3.8) is 0 Å². The van der Waals surface area contributed by atoms with E-state index >= 15 is 0 Å². The van der Waals surface area contributed by atoms with Crippen LogP contribution in [-0.2, 0) is 15.7 Å². The van der Waals surface area contributed by atoms with Crippen molar-refractivity contribution in [2.75, 3.05) is 7.11 Å². The Morgan fingerprint density at radius 2 is 1.89 bits per heavy atom. The monoisotopic (exact) mass is 260 g/mol. The smallest absolute Gasteiger partial charge is 0.416 e. The van der Waals surface area contributed by atoms with Crippen LogP contribution >= 0.6 is 0 Å². The van der Waals surface area contributed by atoms with E-state index in [0.717, 1.165) is 25.3 Å². The molecular weight excluding hydrogens is 249 g/mol. The lowest BCUT2D eigenvalue weighted by atomic mass is 10.1. The molecule has 0 saturated carbocycles. The number of carbonyl (C=O) groups is 1. The van der Waals surface area contributed by atoms with Gasteiger partial charge in [0.1, 0.15) is 0 Å². The number of ether oxygens (including phenoxy) is 1. The fraction of sp³-hybridized carbons (Fsp3) is 0.250. The van der Waals surface area contributed by atoms with E-state index in [1.807, 2.05) is 0 Å². The van der Waals surface area contributed by atoms with Crippen LogP contribution in [0.15, 0.2) is 30.3 Å². The molecule has 1 atom stereocenters. The number of esters is 1. The van der Waals surface area contributed by atoms with Gasteiger partial charge in [-0.15, -0.1) is 0 Å². The molecule has 0 bridgehead atoms. The quantitative estimate of drug-likeness (QED) is 0.848. The molecule has 0 fully saturated rings. The number of halogens is 3.